The third-order valence-electron chi connectivity index (χ3n) is 5.17. The number of anilines is 2. The van der Waals surface area contributed by atoms with Crippen molar-refractivity contribution in [3.63, 3.8) is 0 Å². The third-order valence-corrected chi connectivity index (χ3v) is 5.17. The summed E-state index contributed by atoms with van der Waals surface area (Å²) in [6.45, 7) is 1.64. The summed E-state index contributed by atoms with van der Waals surface area (Å²) < 4.78 is 0. The molecule has 0 atom stereocenters. The van der Waals surface area contributed by atoms with Crippen LogP contribution in [0.2, 0.25) is 0 Å². The van der Waals surface area contributed by atoms with Crippen LogP contribution in [0.15, 0.2) is 54.6 Å². The summed E-state index contributed by atoms with van der Waals surface area (Å²) in [4.78, 5) is 16.6. The lowest BCUT2D eigenvalue weighted by Gasteiger charge is -2.25. The second-order valence-electron chi connectivity index (χ2n) is 7.32. The summed E-state index contributed by atoms with van der Waals surface area (Å²) in [5.74, 6) is 0.654. The van der Waals surface area contributed by atoms with Crippen LogP contribution in [0.5, 0.6) is 0 Å². The smallest absolute Gasteiger partial charge is 0.321 e. The number of para-hydroxylation sites is 2. The van der Waals surface area contributed by atoms with Crippen molar-refractivity contribution in [3.05, 3.63) is 60.2 Å². The fourth-order valence-corrected chi connectivity index (χ4v) is 3.73. The van der Waals surface area contributed by atoms with Crippen molar-refractivity contribution in [1.82, 2.24) is 4.90 Å². The highest BCUT2D eigenvalue weighted by molar-refractivity contribution is 5.93. The van der Waals surface area contributed by atoms with E-state index in [-0.39, 0.29) is 6.03 Å². The van der Waals surface area contributed by atoms with Crippen LogP contribution < -0.4 is 10.2 Å². The number of hydrogen-bond acceptors (Lipinski definition) is 2. The van der Waals surface area contributed by atoms with E-state index in [1.54, 1.807) is 0 Å². The lowest BCUT2D eigenvalue weighted by molar-refractivity contribution is 0.214. The van der Waals surface area contributed by atoms with Gasteiger partial charge in [0.2, 0.25) is 0 Å². The summed E-state index contributed by atoms with van der Waals surface area (Å²) in [5.41, 5.74) is 3.13. The Morgan fingerprint density at radius 1 is 1.00 bits per heavy atom. The van der Waals surface area contributed by atoms with E-state index >= 15 is 0 Å². The summed E-state index contributed by atoms with van der Waals surface area (Å²) in [6.07, 6.45) is 5.09. The zero-order chi connectivity index (χ0) is 18.4. The summed E-state index contributed by atoms with van der Waals surface area (Å²) in [6, 6.07) is 18.3. The molecule has 1 aliphatic carbocycles. The van der Waals surface area contributed by atoms with Crippen molar-refractivity contribution in [3.8, 4) is 0 Å². The van der Waals surface area contributed by atoms with Gasteiger partial charge in [0.1, 0.15) is 0 Å². The standard InChI is InChI=1S/C22H29N3O/c1-24(16-18-10-4-3-5-11-18)21-15-9-8-14-20(21)23-22(26)25(2)17-19-12-6-7-13-19/h3-5,8-11,14-15,19H,6-7,12-13,16-17H2,1-2H3,(H,23,26). The maximum atomic E-state index is 12.6. The summed E-state index contributed by atoms with van der Waals surface area (Å²) >= 11 is 0. The Kier molecular flexibility index (Phi) is 6.16. The molecule has 0 bridgehead atoms. The molecule has 0 aliphatic heterocycles. The highest BCUT2D eigenvalue weighted by Crippen LogP contribution is 2.27. The monoisotopic (exact) mass is 351 g/mol. The highest BCUT2D eigenvalue weighted by Gasteiger charge is 2.20. The van der Waals surface area contributed by atoms with E-state index in [1.165, 1.54) is 31.2 Å². The molecule has 0 aromatic heterocycles. The lowest BCUT2D eigenvalue weighted by atomic mass is 10.1. The number of carbonyl (C=O) groups is 1. The molecule has 26 heavy (non-hydrogen) atoms. The Bertz CT molecular complexity index is 710. The molecule has 3 rings (SSSR count). The van der Waals surface area contributed by atoms with Gasteiger partial charge in [0, 0.05) is 27.2 Å². The minimum absolute atomic E-state index is 0.0301. The number of nitrogens with one attached hydrogen (secondary N) is 1. The average Bonchev–Trinajstić information content (AvgIpc) is 3.16. The van der Waals surface area contributed by atoms with Crippen molar-refractivity contribution in [2.24, 2.45) is 5.92 Å². The van der Waals surface area contributed by atoms with Gasteiger partial charge in [0.25, 0.3) is 0 Å². The first-order valence-corrected chi connectivity index (χ1v) is 9.49. The Hall–Kier alpha value is -2.49. The van der Waals surface area contributed by atoms with Crippen LogP contribution >= 0.6 is 0 Å². The van der Waals surface area contributed by atoms with Crippen LogP contribution in [0, 0.1) is 5.92 Å². The summed E-state index contributed by atoms with van der Waals surface area (Å²) in [7, 11) is 3.95. The molecule has 2 aromatic carbocycles. The Morgan fingerprint density at radius 3 is 2.38 bits per heavy atom. The molecular formula is C22H29N3O. The Morgan fingerprint density at radius 2 is 1.65 bits per heavy atom. The van der Waals surface area contributed by atoms with Gasteiger partial charge in [0.05, 0.1) is 11.4 Å². The molecular weight excluding hydrogens is 322 g/mol. The van der Waals surface area contributed by atoms with Crippen molar-refractivity contribution in [2.75, 3.05) is 30.9 Å². The molecule has 0 radical (unpaired) electrons. The topological polar surface area (TPSA) is 35.6 Å². The van der Waals surface area contributed by atoms with E-state index in [4.69, 9.17) is 0 Å². The van der Waals surface area contributed by atoms with Gasteiger partial charge in [-0.2, -0.15) is 0 Å². The molecule has 1 N–H and O–H groups in total. The first-order valence-electron chi connectivity index (χ1n) is 9.49. The van der Waals surface area contributed by atoms with Gasteiger partial charge in [0.15, 0.2) is 0 Å². The predicted molar refractivity (Wildman–Crippen MR) is 109 cm³/mol. The highest BCUT2D eigenvalue weighted by atomic mass is 16.2. The van der Waals surface area contributed by atoms with Crippen molar-refractivity contribution in [1.29, 1.82) is 0 Å². The molecule has 1 aliphatic rings. The van der Waals surface area contributed by atoms with E-state index in [1.807, 2.05) is 36.2 Å². The van der Waals surface area contributed by atoms with Gasteiger partial charge in [-0.15, -0.1) is 0 Å². The number of rotatable bonds is 6. The first-order chi connectivity index (χ1) is 12.6. The Labute approximate surface area is 156 Å². The molecule has 2 amide bonds. The molecule has 1 saturated carbocycles. The van der Waals surface area contributed by atoms with Crippen LogP contribution in [0.3, 0.4) is 0 Å². The number of amides is 2. The molecule has 138 valence electrons. The van der Waals surface area contributed by atoms with Crippen LogP contribution in [-0.4, -0.2) is 31.6 Å². The number of hydrogen-bond donors (Lipinski definition) is 1. The van der Waals surface area contributed by atoms with Gasteiger partial charge in [-0.1, -0.05) is 55.3 Å². The van der Waals surface area contributed by atoms with E-state index < -0.39 is 0 Å². The maximum absolute atomic E-state index is 12.6. The van der Waals surface area contributed by atoms with Crippen molar-refractivity contribution in [2.45, 2.75) is 32.2 Å². The van der Waals surface area contributed by atoms with Crippen molar-refractivity contribution >= 4 is 17.4 Å². The first kappa shape index (κ1) is 18.3. The Balaban J connectivity index is 1.65. The van der Waals surface area contributed by atoms with Gasteiger partial charge < -0.3 is 15.1 Å². The van der Waals surface area contributed by atoms with Gasteiger partial charge in [-0.3, -0.25) is 0 Å². The van der Waals surface area contributed by atoms with E-state index in [2.05, 4.69) is 47.6 Å². The quantitative estimate of drug-likeness (QED) is 0.797. The van der Waals surface area contributed by atoms with E-state index in [0.717, 1.165) is 24.5 Å². The molecule has 0 heterocycles. The second kappa shape index (κ2) is 8.75. The zero-order valence-electron chi connectivity index (χ0n) is 15.8. The van der Waals surface area contributed by atoms with Crippen LogP contribution in [0.1, 0.15) is 31.2 Å². The van der Waals surface area contributed by atoms with E-state index in [9.17, 15) is 4.79 Å². The largest absolute Gasteiger partial charge is 0.369 e. The molecule has 0 spiro atoms. The van der Waals surface area contributed by atoms with Crippen LogP contribution in [0.4, 0.5) is 16.2 Å². The third kappa shape index (κ3) is 4.78. The number of benzene rings is 2. The molecule has 2 aromatic rings. The van der Waals surface area contributed by atoms with Gasteiger partial charge >= 0.3 is 6.03 Å². The summed E-state index contributed by atoms with van der Waals surface area (Å²) in [5, 5.41) is 3.10. The fraction of sp³-hybridized carbons (Fsp3) is 0.409. The molecule has 4 nitrogen and oxygen atoms in total. The maximum Gasteiger partial charge on any atom is 0.321 e. The molecule has 4 heteroatoms. The van der Waals surface area contributed by atoms with Gasteiger partial charge in [-0.25, -0.2) is 4.79 Å². The zero-order valence-corrected chi connectivity index (χ0v) is 15.8. The van der Waals surface area contributed by atoms with Gasteiger partial charge in [-0.05, 0) is 36.5 Å². The van der Waals surface area contributed by atoms with Crippen LogP contribution in [0.25, 0.3) is 0 Å². The SMILES string of the molecule is CN(CC1CCCC1)C(=O)Nc1ccccc1N(C)Cc1ccccc1. The predicted octanol–water partition coefficient (Wildman–Crippen LogP) is 4.98. The van der Waals surface area contributed by atoms with Crippen LogP contribution in [-0.2, 0) is 6.54 Å². The normalized spacial score (nSPS) is 14.2. The lowest BCUT2D eigenvalue weighted by Crippen LogP contribution is -2.35. The number of carbonyl (C=O) groups excluding carboxylic acids is 1. The minimum Gasteiger partial charge on any atom is -0.369 e. The molecule has 0 unspecified atom stereocenters. The molecule has 1 fully saturated rings. The number of urea groups is 1. The molecule has 0 saturated heterocycles. The minimum atomic E-state index is -0.0301. The fourth-order valence-electron chi connectivity index (χ4n) is 3.73. The second-order valence-corrected chi connectivity index (χ2v) is 7.32. The number of nitrogens with zero attached hydrogens (tertiary/aromatic N) is 2. The van der Waals surface area contributed by atoms with E-state index in [0.29, 0.717) is 5.92 Å². The average molecular weight is 351 g/mol. The van der Waals surface area contributed by atoms with Crippen molar-refractivity contribution < 1.29 is 4.79 Å².